The summed E-state index contributed by atoms with van der Waals surface area (Å²) in [6.45, 7) is 1.89. The van der Waals surface area contributed by atoms with Gasteiger partial charge in [0.15, 0.2) is 22.5 Å². The summed E-state index contributed by atoms with van der Waals surface area (Å²) in [5.74, 6) is -0.670. The fourth-order valence-corrected chi connectivity index (χ4v) is 3.90. The molecule has 1 aromatic heterocycles. The maximum atomic E-state index is 12.1. The van der Waals surface area contributed by atoms with E-state index in [1.54, 1.807) is 24.3 Å². The number of sulfonamides is 1. The number of hydrogen-bond donors (Lipinski definition) is 4. The highest BCUT2D eigenvalue weighted by atomic mass is 35.5. The monoisotopic (exact) mass is 455 g/mol. The lowest BCUT2D eigenvalue weighted by molar-refractivity contribution is 0.0945. The van der Waals surface area contributed by atoms with E-state index in [9.17, 15) is 13.2 Å². The summed E-state index contributed by atoms with van der Waals surface area (Å²) in [6.07, 6.45) is 0.629. The zero-order valence-electron chi connectivity index (χ0n) is 16.6. The molecule has 2 rings (SSSR count). The largest absolute Gasteiger partial charge is 0.382 e. The molecule has 0 bridgehead atoms. The Labute approximate surface area is 181 Å². The molecule has 0 aliphatic carbocycles. The van der Waals surface area contributed by atoms with Gasteiger partial charge in [0.25, 0.3) is 5.91 Å². The predicted octanol–water partition coefficient (Wildman–Crippen LogP) is 0.466. The van der Waals surface area contributed by atoms with E-state index in [4.69, 9.17) is 23.1 Å². The Kier molecular flexibility index (Phi) is 8.78. The van der Waals surface area contributed by atoms with Crippen LogP contribution in [0.3, 0.4) is 0 Å². The average molecular weight is 456 g/mol. The second-order valence-electron chi connectivity index (χ2n) is 6.69. The Balaban J connectivity index is 1.66. The van der Waals surface area contributed by atoms with Crippen molar-refractivity contribution < 1.29 is 13.2 Å². The molecule has 30 heavy (non-hydrogen) atoms. The first kappa shape index (κ1) is 23.8. The molecule has 1 aromatic carbocycles. The van der Waals surface area contributed by atoms with Gasteiger partial charge >= 0.3 is 0 Å². The number of halogens is 1. The lowest BCUT2D eigenvalue weighted by atomic mass is 10.2. The van der Waals surface area contributed by atoms with Gasteiger partial charge in [-0.1, -0.05) is 41.9 Å². The number of nitrogens with one attached hydrogen (secondary N) is 2. The van der Waals surface area contributed by atoms with Crippen LogP contribution in [0.15, 0.2) is 30.3 Å². The lowest BCUT2D eigenvalue weighted by Crippen LogP contribution is -2.35. The molecule has 164 valence electrons. The van der Waals surface area contributed by atoms with E-state index in [2.05, 4.69) is 20.0 Å². The highest BCUT2D eigenvalue weighted by Crippen LogP contribution is 2.17. The average Bonchev–Trinajstić information content (AvgIpc) is 2.68. The summed E-state index contributed by atoms with van der Waals surface area (Å²) in [6, 6.07) is 9.01. The number of nitrogens with two attached hydrogens (primary N) is 2. The van der Waals surface area contributed by atoms with E-state index < -0.39 is 15.9 Å². The maximum Gasteiger partial charge on any atom is 0.273 e. The van der Waals surface area contributed by atoms with Crippen LogP contribution in [0.4, 0.5) is 11.6 Å². The first-order chi connectivity index (χ1) is 14.2. The molecule has 0 fully saturated rings. The lowest BCUT2D eigenvalue weighted by Gasteiger charge is -2.17. The van der Waals surface area contributed by atoms with Crippen molar-refractivity contribution in [2.24, 2.45) is 0 Å². The molecule has 12 heteroatoms. The summed E-state index contributed by atoms with van der Waals surface area (Å²) in [5.41, 5.74) is 11.8. The van der Waals surface area contributed by atoms with Crippen molar-refractivity contribution in [3.63, 3.8) is 0 Å². The third kappa shape index (κ3) is 7.75. The van der Waals surface area contributed by atoms with Gasteiger partial charge in [-0.05, 0) is 25.6 Å². The zero-order chi connectivity index (χ0) is 22.1. The van der Waals surface area contributed by atoms with Gasteiger partial charge in [-0.3, -0.25) is 4.79 Å². The number of nitrogen functional groups attached to an aromatic ring is 2. The number of rotatable bonds is 11. The molecule has 1 heterocycles. The van der Waals surface area contributed by atoms with Gasteiger partial charge in [0, 0.05) is 19.6 Å². The Bertz CT molecular complexity index is 958. The maximum absolute atomic E-state index is 12.1. The van der Waals surface area contributed by atoms with Gasteiger partial charge in [0.2, 0.25) is 10.0 Å². The smallest absolute Gasteiger partial charge is 0.273 e. The molecule has 1 amide bonds. The van der Waals surface area contributed by atoms with E-state index in [0.29, 0.717) is 32.6 Å². The van der Waals surface area contributed by atoms with Crippen LogP contribution in [0.25, 0.3) is 0 Å². The zero-order valence-corrected chi connectivity index (χ0v) is 18.2. The molecule has 2 aromatic rings. The normalized spacial score (nSPS) is 11.6. The first-order valence-corrected chi connectivity index (χ1v) is 11.3. The van der Waals surface area contributed by atoms with Crippen molar-refractivity contribution in [3.8, 4) is 0 Å². The quantitative estimate of drug-likeness (QED) is 0.356. The fourth-order valence-electron chi connectivity index (χ4n) is 2.59. The number of carbonyl (C=O) groups excluding carboxylic acids is 1. The Hall–Kier alpha value is -2.47. The number of anilines is 2. The van der Waals surface area contributed by atoms with Crippen molar-refractivity contribution in [1.82, 2.24) is 24.9 Å². The molecular weight excluding hydrogens is 430 g/mol. The van der Waals surface area contributed by atoms with E-state index in [-0.39, 0.29) is 28.2 Å². The molecule has 0 saturated heterocycles. The molecule has 0 aliphatic rings. The van der Waals surface area contributed by atoms with Gasteiger partial charge < -0.3 is 21.7 Å². The van der Waals surface area contributed by atoms with Gasteiger partial charge in [0.1, 0.15) is 0 Å². The highest BCUT2D eigenvalue weighted by molar-refractivity contribution is 7.88. The second kappa shape index (κ2) is 11.1. The van der Waals surface area contributed by atoms with E-state index in [1.807, 2.05) is 18.0 Å². The fraction of sp³-hybridized carbons (Fsp3) is 0.389. The topological polar surface area (TPSA) is 156 Å². The van der Waals surface area contributed by atoms with Crippen LogP contribution >= 0.6 is 11.6 Å². The van der Waals surface area contributed by atoms with E-state index in [0.717, 1.165) is 5.56 Å². The van der Waals surface area contributed by atoms with E-state index >= 15 is 0 Å². The van der Waals surface area contributed by atoms with Gasteiger partial charge in [-0.15, -0.1) is 0 Å². The minimum Gasteiger partial charge on any atom is -0.382 e. The van der Waals surface area contributed by atoms with E-state index in [1.165, 1.54) is 0 Å². The van der Waals surface area contributed by atoms with Crippen LogP contribution in [0.5, 0.6) is 0 Å². The molecule has 0 saturated carbocycles. The number of carbonyl (C=O) groups is 1. The summed E-state index contributed by atoms with van der Waals surface area (Å²) in [5, 5.41) is 2.60. The minimum absolute atomic E-state index is 0.0372. The van der Waals surface area contributed by atoms with Crippen molar-refractivity contribution in [2.45, 2.75) is 12.2 Å². The number of likely N-dealkylation sites (N-methyl/N-ethyl adjacent to an activating group) is 1. The Morgan fingerprint density at radius 2 is 1.80 bits per heavy atom. The van der Waals surface area contributed by atoms with Crippen LogP contribution in [0.1, 0.15) is 22.5 Å². The van der Waals surface area contributed by atoms with Crippen LogP contribution in [-0.4, -0.2) is 62.4 Å². The SMILES string of the molecule is CN(CCCNS(=O)(=O)Cc1ccccc1)CCNC(=O)c1nc(Cl)c(N)nc1N. The Morgan fingerprint density at radius 3 is 2.50 bits per heavy atom. The molecular formula is C18H26ClN7O3S. The van der Waals surface area contributed by atoms with Crippen molar-refractivity contribution in [2.75, 3.05) is 44.7 Å². The molecule has 0 atom stereocenters. The summed E-state index contributed by atoms with van der Waals surface area (Å²) >= 11 is 5.77. The number of nitrogens with zero attached hydrogens (tertiary/aromatic N) is 3. The van der Waals surface area contributed by atoms with Crippen LogP contribution < -0.4 is 21.5 Å². The summed E-state index contributed by atoms with van der Waals surface area (Å²) < 4.78 is 26.8. The molecule has 0 aliphatic heterocycles. The van der Waals surface area contributed by atoms with Gasteiger partial charge in [-0.2, -0.15) is 0 Å². The van der Waals surface area contributed by atoms with Crippen molar-refractivity contribution in [3.05, 3.63) is 46.7 Å². The van der Waals surface area contributed by atoms with Crippen LogP contribution in [0.2, 0.25) is 5.15 Å². The molecule has 0 unspecified atom stereocenters. The predicted molar refractivity (Wildman–Crippen MR) is 117 cm³/mol. The molecule has 0 spiro atoms. The minimum atomic E-state index is -3.37. The molecule has 0 radical (unpaired) electrons. The second-order valence-corrected chi connectivity index (χ2v) is 8.85. The number of hydrogen-bond acceptors (Lipinski definition) is 8. The summed E-state index contributed by atoms with van der Waals surface area (Å²) in [7, 11) is -1.50. The first-order valence-electron chi connectivity index (χ1n) is 9.24. The third-order valence-corrected chi connectivity index (χ3v) is 5.77. The van der Waals surface area contributed by atoms with Gasteiger partial charge in [0.05, 0.1) is 5.75 Å². The molecule has 10 nitrogen and oxygen atoms in total. The number of amides is 1. The Morgan fingerprint density at radius 1 is 1.10 bits per heavy atom. The van der Waals surface area contributed by atoms with Crippen LogP contribution in [-0.2, 0) is 15.8 Å². The standard InChI is InChI=1S/C18H26ClN7O3S/c1-26(10-5-8-23-30(28,29)12-13-6-3-2-4-7-13)11-9-22-18(27)14-16(20)25-17(21)15(19)24-14/h2-4,6-7,23H,5,8-12H2,1H3,(H,22,27)(H4,20,21,25). The van der Waals surface area contributed by atoms with Crippen LogP contribution in [0, 0.1) is 0 Å². The highest BCUT2D eigenvalue weighted by Gasteiger charge is 2.15. The number of benzene rings is 1. The van der Waals surface area contributed by atoms with Crippen molar-refractivity contribution in [1.29, 1.82) is 0 Å². The summed E-state index contributed by atoms with van der Waals surface area (Å²) in [4.78, 5) is 21.7. The van der Waals surface area contributed by atoms with Gasteiger partial charge in [-0.25, -0.2) is 23.1 Å². The number of aromatic nitrogens is 2. The van der Waals surface area contributed by atoms with Crippen molar-refractivity contribution >= 4 is 39.2 Å². The third-order valence-electron chi connectivity index (χ3n) is 4.14. The molecule has 6 N–H and O–H groups in total.